The minimum atomic E-state index is -0.186. The summed E-state index contributed by atoms with van der Waals surface area (Å²) in [6.07, 6.45) is 6.81. The molecule has 0 aliphatic rings. The number of hydrogen-bond donors (Lipinski definition) is 1. The van der Waals surface area contributed by atoms with Crippen molar-refractivity contribution in [2.45, 2.75) is 20.5 Å². The zero-order valence-electron chi connectivity index (χ0n) is 18.8. The number of carbonyl (C=O) groups excluding carboxylic acids is 1. The molecule has 0 unspecified atom stereocenters. The number of rotatable bonds is 7. The quantitative estimate of drug-likeness (QED) is 0.404. The van der Waals surface area contributed by atoms with Crippen LogP contribution in [0.5, 0.6) is 5.75 Å². The average molecular weight is 454 g/mol. The van der Waals surface area contributed by atoms with E-state index in [1.165, 1.54) is 6.33 Å². The molecule has 1 aromatic carbocycles. The Hall–Kier alpha value is -4.53. The Morgan fingerprint density at radius 3 is 2.68 bits per heavy atom. The highest BCUT2D eigenvalue weighted by atomic mass is 16.5. The van der Waals surface area contributed by atoms with E-state index < -0.39 is 0 Å². The number of ether oxygens (including phenoxy) is 1. The van der Waals surface area contributed by atoms with Crippen LogP contribution in [-0.4, -0.2) is 41.6 Å². The van der Waals surface area contributed by atoms with Crippen LogP contribution in [0.15, 0.2) is 73.6 Å². The van der Waals surface area contributed by atoms with Gasteiger partial charge in [0.1, 0.15) is 25.0 Å². The summed E-state index contributed by atoms with van der Waals surface area (Å²) in [5, 5.41) is 6.90. The standard InChI is InChI=1S/C25H23N7O2/c1-3-27-25(33)21-11-8-19(13-28-21)23-17(2)30-24-22(5-4-12-31(23)24)34-14-18-6-9-20(10-7-18)32-16-26-15-29-32/h4-13,15-16H,3,14H2,1-2H3,(H,27,33). The molecule has 0 fully saturated rings. The molecule has 1 amide bonds. The van der Waals surface area contributed by atoms with Gasteiger partial charge < -0.3 is 10.1 Å². The predicted octanol–water partition coefficient (Wildman–Crippen LogP) is 3.61. The van der Waals surface area contributed by atoms with Crippen LogP contribution in [0.25, 0.3) is 22.6 Å². The Balaban J connectivity index is 1.38. The second-order valence-electron chi connectivity index (χ2n) is 7.70. The summed E-state index contributed by atoms with van der Waals surface area (Å²) in [5.41, 5.74) is 5.70. The van der Waals surface area contributed by atoms with Gasteiger partial charge >= 0.3 is 0 Å². The molecule has 0 atom stereocenters. The number of carbonyl (C=O) groups is 1. The molecule has 0 aliphatic heterocycles. The highest BCUT2D eigenvalue weighted by molar-refractivity contribution is 5.92. The number of nitrogens with zero attached hydrogens (tertiary/aromatic N) is 6. The van der Waals surface area contributed by atoms with Gasteiger partial charge in [-0.15, -0.1) is 0 Å². The van der Waals surface area contributed by atoms with Crippen molar-refractivity contribution in [1.29, 1.82) is 0 Å². The van der Waals surface area contributed by atoms with Crippen molar-refractivity contribution in [3.63, 3.8) is 0 Å². The van der Waals surface area contributed by atoms with Gasteiger partial charge in [0, 0.05) is 24.5 Å². The lowest BCUT2D eigenvalue weighted by Gasteiger charge is -2.09. The summed E-state index contributed by atoms with van der Waals surface area (Å²) in [6, 6.07) is 15.4. The molecular weight excluding hydrogens is 430 g/mol. The Bertz CT molecular complexity index is 1420. The molecule has 9 nitrogen and oxygen atoms in total. The van der Waals surface area contributed by atoms with E-state index in [-0.39, 0.29) is 5.91 Å². The molecule has 34 heavy (non-hydrogen) atoms. The normalized spacial score (nSPS) is 11.0. The first-order valence-corrected chi connectivity index (χ1v) is 10.9. The van der Waals surface area contributed by atoms with Gasteiger partial charge in [0.05, 0.1) is 17.1 Å². The Morgan fingerprint density at radius 2 is 1.97 bits per heavy atom. The Labute approximate surface area is 196 Å². The summed E-state index contributed by atoms with van der Waals surface area (Å²) in [6.45, 7) is 4.79. The third kappa shape index (κ3) is 4.11. The summed E-state index contributed by atoms with van der Waals surface area (Å²) >= 11 is 0. The van der Waals surface area contributed by atoms with Gasteiger partial charge in [-0.25, -0.2) is 14.6 Å². The fourth-order valence-electron chi connectivity index (χ4n) is 3.78. The fraction of sp³-hybridized carbons (Fsp3) is 0.160. The third-order valence-corrected chi connectivity index (χ3v) is 5.41. The number of benzene rings is 1. The first-order valence-electron chi connectivity index (χ1n) is 10.9. The number of aromatic nitrogens is 6. The average Bonchev–Trinajstić information content (AvgIpc) is 3.51. The number of imidazole rings is 1. The molecule has 9 heteroatoms. The minimum Gasteiger partial charge on any atom is -0.485 e. The first kappa shape index (κ1) is 21.3. The van der Waals surface area contributed by atoms with Crippen molar-refractivity contribution in [2.24, 2.45) is 0 Å². The van der Waals surface area contributed by atoms with E-state index in [2.05, 4.69) is 20.4 Å². The van der Waals surface area contributed by atoms with Crippen molar-refractivity contribution in [1.82, 2.24) is 34.4 Å². The van der Waals surface area contributed by atoms with Gasteiger partial charge in [0.15, 0.2) is 11.4 Å². The van der Waals surface area contributed by atoms with E-state index in [0.29, 0.717) is 24.6 Å². The maximum Gasteiger partial charge on any atom is 0.269 e. The molecule has 0 saturated heterocycles. The van der Waals surface area contributed by atoms with Gasteiger partial charge in [-0.2, -0.15) is 5.10 Å². The highest BCUT2D eigenvalue weighted by Crippen LogP contribution is 2.29. The van der Waals surface area contributed by atoms with Crippen LogP contribution in [0.1, 0.15) is 28.7 Å². The van der Waals surface area contributed by atoms with Gasteiger partial charge in [0.2, 0.25) is 0 Å². The van der Waals surface area contributed by atoms with Gasteiger partial charge in [0.25, 0.3) is 5.91 Å². The van der Waals surface area contributed by atoms with Crippen molar-refractivity contribution < 1.29 is 9.53 Å². The number of nitrogens with one attached hydrogen (secondary N) is 1. The molecule has 0 saturated carbocycles. The number of pyridine rings is 2. The van der Waals surface area contributed by atoms with Crippen molar-refractivity contribution in [3.05, 3.63) is 90.5 Å². The van der Waals surface area contributed by atoms with E-state index in [1.807, 2.05) is 66.9 Å². The van der Waals surface area contributed by atoms with Crippen LogP contribution in [0, 0.1) is 6.92 Å². The fourth-order valence-corrected chi connectivity index (χ4v) is 3.78. The molecule has 0 bridgehead atoms. The van der Waals surface area contributed by atoms with Crippen LogP contribution in [0.2, 0.25) is 0 Å². The second-order valence-corrected chi connectivity index (χ2v) is 7.70. The topological polar surface area (TPSA) is 99.2 Å². The summed E-state index contributed by atoms with van der Waals surface area (Å²) in [7, 11) is 0. The lowest BCUT2D eigenvalue weighted by molar-refractivity contribution is 0.0951. The Kier molecular flexibility index (Phi) is 5.73. The minimum absolute atomic E-state index is 0.186. The predicted molar refractivity (Wildman–Crippen MR) is 127 cm³/mol. The SMILES string of the molecule is CCNC(=O)c1ccc(-c2c(C)nc3c(OCc4ccc(-n5cncn5)cc4)cccn23)cn1. The highest BCUT2D eigenvalue weighted by Gasteiger charge is 2.15. The molecule has 5 aromatic rings. The van der Waals surface area contributed by atoms with Crippen LogP contribution >= 0.6 is 0 Å². The van der Waals surface area contributed by atoms with E-state index in [1.54, 1.807) is 23.3 Å². The van der Waals surface area contributed by atoms with Crippen LogP contribution in [0.4, 0.5) is 0 Å². The summed E-state index contributed by atoms with van der Waals surface area (Å²) in [4.78, 5) is 25.1. The van der Waals surface area contributed by atoms with Gasteiger partial charge in [-0.1, -0.05) is 12.1 Å². The van der Waals surface area contributed by atoms with Crippen LogP contribution < -0.4 is 10.1 Å². The van der Waals surface area contributed by atoms with Crippen molar-refractivity contribution in [2.75, 3.05) is 6.54 Å². The summed E-state index contributed by atoms with van der Waals surface area (Å²) < 4.78 is 9.82. The molecule has 0 aliphatic carbocycles. The van der Waals surface area contributed by atoms with Crippen LogP contribution in [0.3, 0.4) is 0 Å². The first-order chi connectivity index (χ1) is 16.6. The number of hydrogen-bond acceptors (Lipinski definition) is 6. The van der Waals surface area contributed by atoms with E-state index in [4.69, 9.17) is 9.72 Å². The van der Waals surface area contributed by atoms with Gasteiger partial charge in [-0.3, -0.25) is 14.2 Å². The largest absolute Gasteiger partial charge is 0.485 e. The molecule has 170 valence electrons. The van der Waals surface area contributed by atoms with E-state index >= 15 is 0 Å². The molecule has 0 spiro atoms. The lowest BCUT2D eigenvalue weighted by atomic mass is 10.1. The monoisotopic (exact) mass is 453 g/mol. The number of aryl methyl sites for hydroxylation is 1. The molecule has 1 N–H and O–H groups in total. The maximum atomic E-state index is 12.0. The Morgan fingerprint density at radius 1 is 1.12 bits per heavy atom. The third-order valence-electron chi connectivity index (χ3n) is 5.41. The maximum absolute atomic E-state index is 12.0. The van der Waals surface area contributed by atoms with E-state index in [9.17, 15) is 4.79 Å². The molecule has 4 heterocycles. The smallest absolute Gasteiger partial charge is 0.269 e. The zero-order chi connectivity index (χ0) is 23.5. The van der Waals surface area contributed by atoms with Crippen LogP contribution in [-0.2, 0) is 6.61 Å². The number of fused-ring (bicyclic) bond motifs is 1. The molecular formula is C25H23N7O2. The second kappa shape index (κ2) is 9.14. The lowest BCUT2D eigenvalue weighted by Crippen LogP contribution is -2.23. The molecule has 5 rings (SSSR count). The van der Waals surface area contributed by atoms with Crippen molar-refractivity contribution >= 4 is 11.6 Å². The van der Waals surface area contributed by atoms with Gasteiger partial charge in [-0.05, 0) is 55.8 Å². The van der Waals surface area contributed by atoms with E-state index in [0.717, 1.165) is 33.8 Å². The molecule has 4 aromatic heterocycles. The van der Waals surface area contributed by atoms with Crippen molar-refractivity contribution in [3.8, 4) is 22.7 Å². The number of amides is 1. The zero-order valence-corrected chi connectivity index (χ0v) is 18.8. The molecule has 0 radical (unpaired) electrons. The summed E-state index contributed by atoms with van der Waals surface area (Å²) in [5.74, 6) is 0.498.